The average molecular weight is 289 g/mol. The molecule has 0 atom stereocenters. The van der Waals surface area contributed by atoms with E-state index in [1.165, 1.54) is 6.33 Å². The molecule has 1 N–H and O–H groups in total. The molecule has 0 aliphatic carbocycles. The average Bonchev–Trinajstić information content (AvgIpc) is 2.61. The van der Waals surface area contributed by atoms with E-state index < -0.39 is 0 Å². The van der Waals surface area contributed by atoms with Gasteiger partial charge < -0.3 is 5.32 Å². The van der Waals surface area contributed by atoms with Crippen molar-refractivity contribution >= 4 is 5.91 Å². The molecule has 0 unspecified atom stereocenters. The highest BCUT2D eigenvalue weighted by Gasteiger charge is 2.08. The van der Waals surface area contributed by atoms with E-state index in [-0.39, 0.29) is 5.91 Å². The van der Waals surface area contributed by atoms with Crippen molar-refractivity contribution in [3.63, 3.8) is 0 Å². The number of hydrogen-bond donors (Lipinski definition) is 1. The van der Waals surface area contributed by atoms with E-state index >= 15 is 0 Å². The Labute approximate surface area is 128 Å². The van der Waals surface area contributed by atoms with E-state index in [4.69, 9.17) is 0 Å². The topological polar surface area (TPSA) is 54.9 Å². The molecule has 4 heteroatoms. The zero-order valence-corrected chi connectivity index (χ0v) is 11.9. The van der Waals surface area contributed by atoms with E-state index in [1.54, 1.807) is 24.5 Å². The molecular formula is C18H15N3O. The van der Waals surface area contributed by atoms with Crippen molar-refractivity contribution in [1.29, 1.82) is 0 Å². The van der Waals surface area contributed by atoms with Crippen molar-refractivity contribution in [2.24, 2.45) is 0 Å². The zero-order chi connectivity index (χ0) is 15.2. The third kappa shape index (κ3) is 3.17. The highest BCUT2D eigenvalue weighted by atomic mass is 16.1. The fraction of sp³-hybridized carbons (Fsp3) is 0.0556. The molecule has 3 rings (SSSR count). The summed E-state index contributed by atoms with van der Waals surface area (Å²) < 4.78 is 0. The molecule has 0 radical (unpaired) electrons. The third-order valence-electron chi connectivity index (χ3n) is 3.36. The fourth-order valence-corrected chi connectivity index (χ4v) is 2.26. The van der Waals surface area contributed by atoms with Crippen molar-refractivity contribution in [3.05, 3.63) is 84.4 Å². The van der Waals surface area contributed by atoms with Gasteiger partial charge in [0.05, 0.1) is 0 Å². The summed E-state index contributed by atoms with van der Waals surface area (Å²) in [7, 11) is 0. The van der Waals surface area contributed by atoms with Gasteiger partial charge in [0.1, 0.15) is 6.33 Å². The number of carbonyl (C=O) groups is 1. The molecule has 22 heavy (non-hydrogen) atoms. The van der Waals surface area contributed by atoms with Crippen LogP contribution in [0.1, 0.15) is 15.9 Å². The standard InChI is InChI=1S/C18H15N3O/c22-18(14-6-2-1-3-7-14)21-12-15-8-4-5-9-17(15)16-10-19-13-20-11-16/h1-11,13H,12H2,(H,21,22). The van der Waals surface area contributed by atoms with E-state index in [0.717, 1.165) is 16.7 Å². The summed E-state index contributed by atoms with van der Waals surface area (Å²) in [6, 6.07) is 17.1. The highest BCUT2D eigenvalue weighted by molar-refractivity contribution is 5.94. The Hall–Kier alpha value is -3.01. The van der Waals surface area contributed by atoms with Crippen molar-refractivity contribution in [2.45, 2.75) is 6.54 Å². The minimum Gasteiger partial charge on any atom is -0.348 e. The number of benzene rings is 2. The maximum atomic E-state index is 12.1. The van der Waals surface area contributed by atoms with Gasteiger partial charge in [0.15, 0.2) is 0 Å². The minimum absolute atomic E-state index is 0.0836. The predicted molar refractivity (Wildman–Crippen MR) is 85.1 cm³/mol. The van der Waals surface area contributed by atoms with Crippen LogP contribution in [0.4, 0.5) is 0 Å². The van der Waals surface area contributed by atoms with E-state index in [2.05, 4.69) is 15.3 Å². The van der Waals surface area contributed by atoms with Gasteiger partial charge in [0.25, 0.3) is 5.91 Å². The maximum absolute atomic E-state index is 12.1. The Bertz CT molecular complexity index is 758. The van der Waals surface area contributed by atoms with Gasteiger partial charge in [-0.2, -0.15) is 0 Å². The Kier molecular flexibility index (Phi) is 4.20. The SMILES string of the molecule is O=C(NCc1ccccc1-c1cncnc1)c1ccccc1. The monoisotopic (exact) mass is 289 g/mol. The zero-order valence-electron chi connectivity index (χ0n) is 11.9. The van der Waals surface area contributed by atoms with Gasteiger partial charge in [0.2, 0.25) is 0 Å². The summed E-state index contributed by atoms with van der Waals surface area (Å²) in [6.07, 6.45) is 5.04. The summed E-state index contributed by atoms with van der Waals surface area (Å²) >= 11 is 0. The highest BCUT2D eigenvalue weighted by Crippen LogP contribution is 2.21. The molecule has 4 nitrogen and oxygen atoms in total. The molecule has 0 saturated carbocycles. The fourth-order valence-electron chi connectivity index (χ4n) is 2.26. The predicted octanol–water partition coefficient (Wildman–Crippen LogP) is 3.07. The second-order valence-electron chi connectivity index (χ2n) is 4.83. The van der Waals surface area contributed by atoms with Crippen molar-refractivity contribution < 1.29 is 4.79 Å². The second kappa shape index (κ2) is 6.63. The van der Waals surface area contributed by atoms with Gasteiger partial charge in [-0.1, -0.05) is 42.5 Å². The Balaban J connectivity index is 1.78. The number of rotatable bonds is 4. The third-order valence-corrected chi connectivity index (χ3v) is 3.36. The van der Waals surface area contributed by atoms with Gasteiger partial charge in [0, 0.05) is 30.1 Å². The van der Waals surface area contributed by atoms with Crippen LogP contribution in [-0.4, -0.2) is 15.9 Å². The summed E-state index contributed by atoms with van der Waals surface area (Å²) in [5, 5.41) is 2.95. The van der Waals surface area contributed by atoms with Crippen LogP contribution in [0.15, 0.2) is 73.3 Å². The lowest BCUT2D eigenvalue weighted by Crippen LogP contribution is -2.22. The lowest BCUT2D eigenvalue weighted by molar-refractivity contribution is 0.0951. The van der Waals surface area contributed by atoms with Crippen LogP contribution in [-0.2, 0) is 6.54 Å². The first-order valence-corrected chi connectivity index (χ1v) is 7.01. The molecule has 1 amide bonds. The summed E-state index contributed by atoms with van der Waals surface area (Å²) in [6.45, 7) is 0.457. The maximum Gasteiger partial charge on any atom is 0.251 e. The van der Waals surface area contributed by atoms with E-state index in [9.17, 15) is 4.79 Å². The first kappa shape index (κ1) is 13.9. The normalized spacial score (nSPS) is 10.2. The van der Waals surface area contributed by atoms with Gasteiger partial charge in [-0.05, 0) is 23.3 Å². The second-order valence-corrected chi connectivity index (χ2v) is 4.83. The molecule has 0 spiro atoms. The molecule has 3 aromatic rings. The molecule has 0 aliphatic rings. The quantitative estimate of drug-likeness (QED) is 0.803. The first-order chi connectivity index (χ1) is 10.8. The van der Waals surface area contributed by atoms with Crippen LogP contribution in [0.5, 0.6) is 0 Å². The lowest BCUT2D eigenvalue weighted by atomic mass is 10.0. The Morgan fingerprint density at radius 2 is 1.59 bits per heavy atom. The minimum atomic E-state index is -0.0836. The number of aromatic nitrogens is 2. The van der Waals surface area contributed by atoms with Gasteiger partial charge in [-0.15, -0.1) is 0 Å². The summed E-state index contributed by atoms with van der Waals surface area (Å²) in [5.41, 5.74) is 3.65. The first-order valence-electron chi connectivity index (χ1n) is 7.01. The Morgan fingerprint density at radius 3 is 2.36 bits per heavy atom. The molecule has 1 heterocycles. The van der Waals surface area contributed by atoms with Crippen LogP contribution in [0.3, 0.4) is 0 Å². The van der Waals surface area contributed by atoms with E-state index in [1.807, 2.05) is 42.5 Å². The molecule has 2 aromatic carbocycles. The number of nitrogens with zero attached hydrogens (tertiary/aromatic N) is 2. The molecule has 0 saturated heterocycles. The molecule has 108 valence electrons. The van der Waals surface area contributed by atoms with Crippen LogP contribution in [0, 0.1) is 0 Å². The van der Waals surface area contributed by atoms with Gasteiger partial charge in [-0.3, -0.25) is 4.79 Å². The van der Waals surface area contributed by atoms with Gasteiger partial charge in [-0.25, -0.2) is 9.97 Å². The summed E-state index contributed by atoms with van der Waals surface area (Å²) in [5.74, 6) is -0.0836. The van der Waals surface area contributed by atoms with Crippen LogP contribution < -0.4 is 5.32 Å². The van der Waals surface area contributed by atoms with Crippen molar-refractivity contribution in [2.75, 3.05) is 0 Å². The molecule has 0 fully saturated rings. The molecule has 1 aromatic heterocycles. The largest absolute Gasteiger partial charge is 0.348 e. The lowest BCUT2D eigenvalue weighted by Gasteiger charge is -2.10. The molecule has 0 aliphatic heterocycles. The number of hydrogen-bond acceptors (Lipinski definition) is 3. The van der Waals surface area contributed by atoms with Crippen LogP contribution in [0.2, 0.25) is 0 Å². The van der Waals surface area contributed by atoms with Gasteiger partial charge >= 0.3 is 0 Å². The molecular weight excluding hydrogens is 274 g/mol. The smallest absolute Gasteiger partial charge is 0.251 e. The van der Waals surface area contributed by atoms with Crippen molar-refractivity contribution in [3.8, 4) is 11.1 Å². The van der Waals surface area contributed by atoms with E-state index in [0.29, 0.717) is 12.1 Å². The summed E-state index contributed by atoms with van der Waals surface area (Å²) in [4.78, 5) is 20.2. The van der Waals surface area contributed by atoms with Crippen LogP contribution in [0.25, 0.3) is 11.1 Å². The number of nitrogens with one attached hydrogen (secondary N) is 1. The molecule has 0 bridgehead atoms. The Morgan fingerprint density at radius 1 is 0.909 bits per heavy atom. The number of amides is 1. The van der Waals surface area contributed by atoms with Crippen LogP contribution >= 0.6 is 0 Å². The van der Waals surface area contributed by atoms with Crippen molar-refractivity contribution in [1.82, 2.24) is 15.3 Å². The number of carbonyl (C=O) groups excluding carboxylic acids is 1.